The zero-order valence-corrected chi connectivity index (χ0v) is 17.6. The number of furan rings is 1. The van der Waals surface area contributed by atoms with Crippen LogP contribution >= 0.6 is 23.2 Å². The first kappa shape index (κ1) is 18.3. The van der Waals surface area contributed by atoms with Crippen LogP contribution in [0.25, 0.3) is 44.2 Å². The molecule has 0 N–H and O–H groups in total. The van der Waals surface area contributed by atoms with Gasteiger partial charge in [-0.25, -0.2) is 0 Å². The van der Waals surface area contributed by atoms with Crippen LogP contribution in [0.3, 0.4) is 0 Å². The van der Waals surface area contributed by atoms with Crippen molar-refractivity contribution in [2.45, 2.75) is 13.8 Å². The highest BCUT2D eigenvalue weighted by Crippen LogP contribution is 2.40. The number of hydrogen-bond donors (Lipinski definition) is 0. The highest BCUT2D eigenvalue weighted by molar-refractivity contribution is 6.35. The molecule has 0 amide bonds. The summed E-state index contributed by atoms with van der Waals surface area (Å²) in [5, 5.41) is 3.41. The van der Waals surface area contributed by atoms with Crippen molar-refractivity contribution in [3.63, 3.8) is 0 Å². The third-order valence-electron chi connectivity index (χ3n) is 5.37. The van der Waals surface area contributed by atoms with Gasteiger partial charge in [-0.15, -0.1) is 0 Å². The SMILES string of the molecule is Cc1ccc(-c2cc3c(cc2Cl)oc2cc(Cl)c(-c4ccc(C)cc4)cc23)cc1. The fraction of sp³-hybridized carbons (Fsp3) is 0.0769. The fourth-order valence-corrected chi connectivity index (χ4v) is 4.25. The van der Waals surface area contributed by atoms with Gasteiger partial charge in [0.2, 0.25) is 0 Å². The molecule has 5 aromatic rings. The largest absolute Gasteiger partial charge is 0.456 e. The van der Waals surface area contributed by atoms with Gasteiger partial charge >= 0.3 is 0 Å². The van der Waals surface area contributed by atoms with Crippen LogP contribution in [-0.2, 0) is 0 Å². The lowest BCUT2D eigenvalue weighted by Gasteiger charge is -2.07. The van der Waals surface area contributed by atoms with E-state index < -0.39 is 0 Å². The lowest BCUT2D eigenvalue weighted by molar-refractivity contribution is 0.669. The Morgan fingerprint density at radius 3 is 1.31 bits per heavy atom. The average molecular weight is 417 g/mol. The van der Waals surface area contributed by atoms with Gasteiger partial charge in [0, 0.05) is 34.0 Å². The van der Waals surface area contributed by atoms with Gasteiger partial charge in [-0.2, -0.15) is 0 Å². The molecule has 1 aromatic heterocycles. The zero-order chi connectivity index (χ0) is 20.1. The van der Waals surface area contributed by atoms with Crippen molar-refractivity contribution >= 4 is 45.1 Å². The predicted octanol–water partition coefficient (Wildman–Crippen LogP) is 8.84. The summed E-state index contributed by atoms with van der Waals surface area (Å²) in [6, 6.07) is 24.8. The summed E-state index contributed by atoms with van der Waals surface area (Å²) in [6.45, 7) is 4.16. The Kier molecular flexibility index (Phi) is 4.38. The van der Waals surface area contributed by atoms with Gasteiger partial charge in [0.1, 0.15) is 11.2 Å². The number of rotatable bonds is 2. The number of hydrogen-bond acceptors (Lipinski definition) is 1. The van der Waals surface area contributed by atoms with Crippen molar-refractivity contribution in [3.05, 3.63) is 94.0 Å². The molecule has 0 saturated heterocycles. The van der Waals surface area contributed by atoms with Crippen molar-refractivity contribution in [3.8, 4) is 22.3 Å². The van der Waals surface area contributed by atoms with Gasteiger partial charge in [0.15, 0.2) is 0 Å². The molecule has 0 aliphatic rings. The van der Waals surface area contributed by atoms with E-state index in [4.69, 9.17) is 27.6 Å². The molecular weight excluding hydrogens is 399 g/mol. The molecule has 5 rings (SSSR count). The highest BCUT2D eigenvalue weighted by Gasteiger charge is 2.15. The van der Waals surface area contributed by atoms with E-state index in [1.165, 1.54) is 11.1 Å². The minimum Gasteiger partial charge on any atom is -0.456 e. The lowest BCUT2D eigenvalue weighted by Crippen LogP contribution is -1.82. The Hall–Kier alpha value is -2.74. The third-order valence-corrected chi connectivity index (χ3v) is 6.00. The van der Waals surface area contributed by atoms with Crippen LogP contribution in [0.2, 0.25) is 10.0 Å². The van der Waals surface area contributed by atoms with E-state index >= 15 is 0 Å². The van der Waals surface area contributed by atoms with Crippen molar-refractivity contribution in [2.75, 3.05) is 0 Å². The van der Waals surface area contributed by atoms with Crippen molar-refractivity contribution in [1.29, 1.82) is 0 Å². The van der Waals surface area contributed by atoms with E-state index in [1.807, 2.05) is 12.1 Å². The number of halogens is 2. The molecule has 3 heteroatoms. The van der Waals surface area contributed by atoms with Gasteiger partial charge in [-0.05, 0) is 37.1 Å². The minimum atomic E-state index is 0.672. The van der Waals surface area contributed by atoms with Crippen LogP contribution in [0, 0.1) is 13.8 Å². The standard InChI is InChI=1S/C26H18Cl2O/c1-15-3-7-17(8-4-15)19-11-21-22-12-20(18-9-5-16(2)6-10-18)24(28)14-26(22)29-25(21)13-23(19)27/h3-14H,1-2H3. The first-order valence-electron chi connectivity index (χ1n) is 9.49. The Morgan fingerprint density at radius 1 is 0.552 bits per heavy atom. The molecule has 0 aliphatic carbocycles. The maximum Gasteiger partial charge on any atom is 0.136 e. The molecule has 0 unspecified atom stereocenters. The lowest BCUT2D eigenvalue weighted by atomic mass is 9.99. The second-order valence-corrected chi connectivity index (χ2v) is 8.30. The highest BCUT2D eigenvalue weighted by atomic mass is 35.5. The van der Waals surface area contributed by atoms with Crippen molar-refractivity contribution in [1.82, 2.24) is 0 Å². The molecule has 142 valence electrons. The summed E-state index contributed by atoms with van der Waals surface area (Å²) in [4.78, 5) is 0. The molecule has 0 saturated carbocycles. The summed E-state index contributed by atoms with van der Waals surface area (Å²) in [7, 11) is 0. The summed E-state index contributed by atoms with van der Waals surface area (Å²) >= 11 is 13.2. The quantitative estimate of drug-likeness (QED) is 0.280. The molecule has 29 heavy (non-hydrogen) atoms. The Morgan fingerprint density at radius 2 is 0.931 bits per heavy atom. The number of aryl methyl sites for hydroxylation is 2. The van der Waals surface area contributed by atoms with Crippen LogP contribution in [0.5, 0.6) is 0 Å². The van der Waals surface area contributed by atoms with Gasteiger partial charge in [0.25, 0.3) is 0 Å². The first-order valence-corrected chi connectivity index (χ1v) is 10.2. The van der Waals surface area contributed by atoms with E-state index in [1.54, 1.807) is 0 Å². The van der Waals surface area contributed by atoms with Crippen LogP contribution in [-0.4, -0.2) is 0 Å². The molecule has 1 heterocycles. The fourth-order valence-electron chi connectivity index (χ4n) is 3.73. The first-order chi connectivity index (χ1) is 14.0. The van der Waals surface area contributed by atoms with Gasteiger partial charge < -0.3 is 4.42 Å². The van der Waals surface area contributed by atoms with E-state index in [-0.39, 0.29) is 0 Å². The van der Waals surface area contributed by atoms with Crippen LogP contribution in [0.4, 0.5) is 0 Å². The molecular formula is C26H18Cl2O. The second-order valence-electron chi connectivity index (χ2n) is 7.49. The maximum absolute atomic E-state index is 6.59. The van der Waals surface area contributed by atoms with Crippen molar-refractivity contribution < 1.29 is 4.42 Å². The zero-order valence-electron chi connectivity index (χ0n) is 16.1. The molecule has 1 nitrogen and oxygen atoms in total. The molecule has 0 fully saturated rings. The topological polar surface area (TPSA) is 13.1 Å². The van der Waals surface area contributed by atoms with Crippen molar-refractivity contribution in [2.24, 2.45) is 0 Å². The Bertz CT molecular complexity index is 1260. The molecule has 4 aromatic carbocycles. The number of benzene rings is 4. The minimum absolute atomic E-state index is 0.672. The number of fused-ring (bicyclic) bond motifs is 3. The van der Waals surface area contributed by atoms with Crippen LogP contribution in [0.15, 0.2) is 77.2 Å². The summed E-state index contributed by atoms with van der Waals surface area (Å²) in [5.41, 5.74) is 8.13. The van der Waals surface area contributed by atoms with E-state index in [0.717, 1.165) is 44.2 Å². The summed E-state index contributed by atoms with van der Waals surface area (Å²) in [6.07, 6.45) is 0. The Labute approximate surface area is 179 Å². The maximum atomic E-state index is 6.59. The monoisotopic (exact) mass is 416 g/mol. The Balaban J connectivity index is 1.75. The summed E-state index contributed by atoms with van der Waals surface area (Å²) < 4.78 is 6.07. The third kappa shape index (κ3) is 3.21. The smallest absolute Gasteiger partial charge is 0.136 e. The van der Waals surface area contributed by atoms with Gasteiger partial charge in [-0.3, -0.25) is 0 Å². The predicted molar refractivity (Wildman–Crippen MR) is 124 cm³/mol. The van der Waals surface area contributed by atoms with E-state index in [2.05, 4.69) is 74.5 Å². The second kappa shape index (κ2) is 6.95. The molecule has 0 bridgehead atoms. The molecule has 0 radical (unpaired) electrons. The van der Waals surface area contributed by atoms with Gasteiger partial charge in [-0.1, -0.05) is 82.9 Å². The average Bonchev–Trinajstić information content (AvgIpc) is 3.04. The normalized spacial score (nSPS) is 11.4. The van der Waals surface area contributed by atoms with Crippen LogP contribution in [0.1, 0.15) is 11.1 Å². The molecule has 0 aliphatic heterocycles. The molecule has 0 atom stereocenters. The molecule has 0 spiro atoms. The summed E-state index contributed by atoms with van der Waals surface area (Å²) in [5.74, 6) is 0. The van der Waals surface area contributed by atoms with E-state index in [0.29, 0.717) is 10.0 Å². The van der Waals surface area contributed by atoms with Gasteiger partial charge in [0.05, 0.1) is 10.0 Å². The van der Waals surface area contributed by atoms with E-state index in [9.17, 15) is 0 Å². The van der Waals surface area contributed by atoms with Crippen LogP contribution < -0.4 is 0 Å².